The number of para-hydroxylation sites is 1. The number of hydrogen-bond acceptors (Lipinski definition) is 1. The fourth-order valence-corrected chi connectivity index (χ4v) is 2.49. The van der Waals surface area contributed by atoms with E-state index >= 15 is 0 Å². The Balaban J connectivity index is 2.09. The first-order valence-electron chi connectivity index (χ1n) is 6.14. The highest BCUT2D eigenvalue weighted by Gasteiger charge is 2.10. The molecule has 1 heterocycles. The smallest absolute Gasteiger partial charge is 0.0812 e. The number of nitrogens with zero attached hydrogens (tertiary/aromatic N) is 2. The number of hydrogen-bond donors (Lipinski definition) is 0. The van der Waals surface area contributed by atoms with Crippen molar-refractivity contribution in [2.24, 2.45) is 0 Å². The summed E-state index contributed by atoms with van der Waals surface area (Å²) in [4.78, 5) is 0. The molecule has 0 atom stereocenters. The molecule has 94 valence electrons. The van der Waals surface area contributed by atoms with Gasteiger partial charge >= 0.3 is 0 Å². The van der Waals surface area contributed by atoms with Crippen LogP contribution in [0.15, 0.2) is 66.9 Å². The van der Waals surface area contributed by atoms with Gasteiger partial charge in [-0.2, -0.15) is 5.10 Å². The SMILES string of the molecule is BrCc1nn(-c2ccccc2)cc1-c1ccccc1. The highest BCUT2D eigenvalue weighted by Crippen LogP contribution is 2.25. The Morgan fingerprint density at radius 3 is 2.16 bits per heavy atom. The Hall–Kier alpha value is -1.87. The summed E-state index contributed by atoms with van der Waals surface area (Å²) >= 11 is 3.52. The number of halogens is 1. The second-order valence-electron chi connectivity index (χ2n) is 4.27. The molecule has 0 aliphatic rings. The quantitative estimate of drug-likeness (QED) is 0.654. The molecule has 0 aliphatic carbocycles. The highest BCUT2D eigenvalue weighted by atomic mass is 79.9. The van der Waals surface area contributed by atoms with Gasteiger partial charge in [0, 0.05) is 17.1 Å². The Morgan fingerprint density at radius 2 is 1.53 bits per heavy atom. The van der Waals surface area contributed by atoms with Crippen LogP contribution in [-0.4, -0.2) is 9.78 Å². The van der Waals surface area contributed by atoms with Crippen molar-refractivity contribution in [3.63, 3.8) is 0 Å². The standard InChI is InChI=1S/C16H13BrN2/c17-11-16-15(13-7-3-1-4-8-13)12-19(18-16)14-9-5-2-6-10-14/h1-10,12H,11H2. The summed E-state index contributed by atoms with van der Waals surface area (Å²) in [6.07, 6.45) is 2.08. The van der Waals surface area contributed by atoms with Crippen LogP contribution < -0.4 is 0 Å². The minimum atomic E-state index is 0.747. The summed E-state index contributed by atoms with van der Waals surface area (Å²) in [5.74, 6) is 0. The van der Waals surface area contributed by atoms with E-state index in [0.29, 0.717) is 0 Å². The lowest BCUT2D eigenvalue weighted by Gasteiger charge is -1.99. The van der Waals surface area contributed by atoms with Gasteiger partial charge in [0.1, 0.15) is 0 Å². The van der Waals surface area contributed by atoms with Crippen molar-refractivity contribution in [1.82, 2.24) is 9.78 Å². The fourth-order valence-electron chi connectivity index (χ4n) is 2.08. The number of benzene rings is 2. The summed E-state index contributed by atoms with van der Waals surface area (Å²) in [6, 6.07) is 20.5. The zero-order valence-corrected chi connectivity index (χ0v) is 11.9. The summed E-state index contributed by atoms with van der Waals surface area (Å²) in [5.41, 5.74) is 4.49. The zero-order chi connectivity index (χ0) is 13.1. The van der Waals surface area contributed by atoms with E-state index < -0.39 is 0 Å². The lowest BCUT2D eigenvalue weighted by molar-refractivity contribution is 0.860. The molecule has 2 nitrogen and oxygen atoms in total. The Bertz CT molecular complexity index is 660. The van der Waals surface area contributed by atoms with Gasteiger partial charge in [-0.15, -0.1) is 0 Å². The van der Waals surface area contributed by atoms with Crippen LogP contribution in [0, 0.1) is 0 Å². The maximum absolute atomic E-state index is 4.65. The predicted molar refractivity (Wildman–Crippen MR) is 81.6 cm³/mol. The van der Waals surface area contributed by atoms with Gasteiger partial charge in [-0.25, -0.2) is 4.68 Å². The van der Waals surface area contributed by atoms with Crippen molar-refractivity contribution in [2.75, 3.05) is 0 Å². The van der Waals surface area contributed by atoms with Crippen LogP contribution >= 0.6 is 15.9 Å². The van der Waals surface area contributed by atoms with E-state index in [-0.39, 0.29) is 0 Å². The molecule has 3 heteroatoms. The van der Waals surface area contributed by atoms with Gasteiger partial charge in [0.2, 0.25) is 0 Å². The molecule has 2 aromatic carbocycles. The molecule has 19 heavy (non-hydrogen) atoms. The van der Waals surface area contributed by atoms with Crippen molar-refractivity contribution in [3.05, 3.63) is 72.6 Å². The molecule has 0 unspecified atom stereocenters. The van der Waals surface area contributed by atoms with Gasteiger partial charge in [0.05, 0.1) is 11.4 Å². The van der Waals surface area contributed by atoms with Crippen molar-refractivity contribution >= 4 is 15.9 Å². The fraction of sp³-hybridized carbons (Fsp3) is 0.0625. The number of alkyl halides is 1. The van der Waals surface area contributed by atoms with Gasteiger partial charge in [0.25, 0.3) is 0 Å². The average Bonchev–Trinajstić information content (AvgIpc) is 2.93. The summed E-state index contributed by atoms with van der Waals surface area (Å²) in [6.45, 7) is 0. The van der Waals surface area contributed by atoms with Gasteiger partial charge < -0.3 is 0 Å². The molecule has 1 aromatic heterocycles. The largest absolute Gasteiger partial charge is 0.240 e. The lowest BCUT2D eigenvalue weighted by atomic mass is 10.1. The van der Waals surface area contributed by atoms with Gasteiger partial charge in [-0.1, -0.05) is 64.5 Å². The maximum atomic E-state index is 4.65. The topological polar surface area (TPSA) is 17.8 Å². The van der Waals surface area contributed by atoms with Crippen LogP contribution in [-0.2, 0) is 5.33 Å². The Morgan fingerprint density at radius 1 is 0.895 bits per heavy atom. The first kappa shape index (κ1) is 12.2. The van der Waals surface area contributed by atoms with E-state index in [2.05, 4.69) is 51.5 Å². The van der Waals surface area contributed by atoms with E-state index in [0.717, 1.165) is 16.7 Å². The second kappa shape index (κ2) is 5.41. The number of rotatable bonds is 3. The van der Waals surface area contributed by atoms with Gasteiger partial charge in [-0.3, -0.25) is 0 Å². The third kappa shape index (κ3) is 2.47. The van der Waals surface area contributed by atoms with Crippen LogP contribution in [0.4, 0.5) is 0 Å². The summed E-state index contributed by atoms with van der Waals surface area (Å²) in [5, 5.41) is 5.39. The Labute approximate surface area is 120 Å². The Kier molecular flexibility index (Phi) is 3.47. The predicted octanol–water partition coefficient (Wildman–Crippen LogP) is 4.43. The van der Waals surface area contributed by atoms with Crippen LogP contribution in [0.1, 0.15) is 5.69 Å². The first-order chi connectivity index (χ1) is 9.38. The van der Waals surface area contributed by atoms with E-state index in [4.69, 9.17) is 0 Å². The van der Waals surface area contributed by atoms with Crippen LogP contribution in [0.3, 0.4) is 0 Å². The minimum Gasteiger partial charge on any atom is -0.240 e. The van der Waals surface area contributed by atoms with Gasteiger partial charge in [-0.05, 0) is 17.7 Å². The van der Waals surface area contributed by atoms with Crippen molar-refractivity contribution in [1.29, 1.82) is 0 Å². The second-order valence-corrected chi connectivity index (χ2v) is 4.83. The van der Waals surface area contributed by atoms with E-state index in [1.54, 1.807) is 0 Å². The molecular formula is C16H13BrN2. The minimum absolute atomic E-state index is 0.747. The third-order valence-electron chi connectivity index (χ3n) is 3.02. The van der Waals surface area contributed by atoms with E-state index in [1.807, 2.05) is 41.1 Å². The van der Waals surface area contributed by atoms with Crippen molar-refractivity contribution in [3.8, 4) is 16.8 Å². The van der Waals surface area contributed by atoms with E-state index in [1.165, 1.54) is 11.1 Å². The normalized spacial score (nSPS) is 10.6. The third-order valence-corrected chi connectivity index (χ3v) is 3.55. The molecular weight excluding hydrogens is 300 g/mol. The van der Waals surface area contributed by atoms with E-state index in [9.17, 15) is 0 Å². The monoisotopic (exact) mass is 312 g/mol. The molecule has 0 amide bonds. The lowest BCUT2D eigenvalue weighted by Crippen LogP contribution is -1.94. The van der Waals surface area contributed by atoms with Crippen LogP contribution in [0.5, 0.6) is 0 Å². The van der Waals surface area contributed by atoms with Crippen LogP contribution in [0.2, 0.25) is 0 Å². The summed E-state index contributed by atoms with van der Waals surface area (Å²) in [7, 11) is 0. The highest BCUT2D eigenvalue weighted by molar-refractivity contribution is 9.08. The molecule has 0 spiro atoms. The maximum Gasteiger partial charge on any atom is 0.0812 e. The summed E-state index contributed by atoms with van der Waals surface area (Å²) < 4.78 is 1.93. The average molecular weight is 313 g/mol. The van der Waals surface area contributed by atoms with Crippen LogP contribution in [0.25, 0.3) is 16.8 Å². The molecule has 0 radical (unpaired) electrons. The molecule has 0 fully saturated rings. The van der Waals surface area contributed by atoms with Crippen molar-refractivity contribution in [2.45, 2.75) is 5.33 Å². The number of aromatic nitrogens is 2. The van der Waals surface area contributed by atoms with Crippen molar-refractivity contribution < 1.29 is 0 Å². The molecule has 3 aromatic rings. The zero-order valence-electron chi connectivity index (χ0n) is 10.3. The van der Waals surface area contributed by atoms with Gasteiger partial charge in [0.15, 0.2) is 0 Å². The molecule has 0 saturated carbocycles. The molecule has 0 N–H and O–H groups in total. The first-order valence-corrected chi connectivity index (χ1v) is 7.26. The molecule has 0 aliphatic heterocycles. The molecule has 0 saturated heterocycles. The molecule has 3 rings (SSSR count). The molecule has 0 bridgehead atoms.